The Labute approximate surface area is 190 Å². The van der Waals surface area contributed by atoms with Crippen molar-refractivity contribution in [3.05, 3.63) is 23.8 Å². The van der Waals surface area contributed by atoms with E-state index in [4.69, 9.17) is 9.47 Å². The molecule has 0 radical (unpaired) electrons. The Balaban J connectivity index is 0.00000210. The molecule has 0 unspecified atom stereocenters. The molecule has 0 bridgehead atoms. The van der Waals surface area contributed by atoms with Gasteiger partial charge in [0.25, 0.3) is 0 Å². The van der Waals surface area contributed by atoms with E-state index in [9.17, 15) is 0 Å². The van der Waals surface area contributed by atoms with Crippen LogP contribution >= 0.6 is 24.8 Å². The Morgan fingerprint density at radius 1 is 0.897 bits per heavy atom. The van der Waals surface area contributed by atoms with E-state index in [0.717, 1.165) is 24.0 Å². The molecule has 1 saturated heterocycles. The fourth-order valence-corrected chi connectivity index (χ4v) is 4.67. The number of hydrogen-bond acceptors (Lipinski definition) is 4. The van der Waals surface area contributed by atoms with Crippen molar-refractivity contribution >= 4 is 24.8 Å². The van der Waals surface area contributed by atoms with Gasteiger partial charge in [-0.25, -0.2) is 0 Å². The molecule has 1 heterocycles. The molecule has 2 aliphatic rings. The molecule has 0 N–H and O–H groups in total. The van der Waals surface area contributed by atoms with Crippen molar-refractivity contribution in [3.8, 4) is 11.5 Å². The predicted molar refractivity (Wildman–Crippen MR) is 126 cm³/mol. The summed E-state index contributed by atoms with van der Waals surface area (Å²) in [5.74, 6) is 2.53. The lowest BCUT2D eigenvalue weighted by Gasteiger charge is -2.33. The summed E-state index contributed by atoms with van der Waals surface area (Å²) in [6, 6.07) is 6.38. The lowest BCUT2D eigenvalue weighted by Crippen LogP contribution is -2.39. The average molecular weight is 447 g/mol. The summed E-state index contributed by atoms with van der Waals surface area (Å²) in [4.78, 5) is 5.35. The normalized spacial score (nSPS) is 18.0. The van der Waals surface area contributed by atoms with Crippen LogP contribution in [0.2, 0.25) is 0 Å². The van der Waals surface area contributed by atoms with Gasteiger partial charge in [-0.1, -0.05) is 31.7 Å². The van der Waals surface area contributed by atoms with Crippen molar-refractivity contribution in [1.82, 2.24) is 9.80 Å². The standard InChI is InChI=1S/C23H38N2O2.2ClH/c1-26-22-12-11-21(17-23(22)27-2)19-25(18-20-9-5-3-6-10-20)16-15-24-13-7-4-8-14-24;;/h11-12,17,20H,3-10,13-16,18-19H2,1-2H3;2*1H. The van der Waals surface area contributed by atoms with Crippen molar-refractivity contribution in [1.29, 1.82) is 0 Å². The molecule has 0 atom stereocenters. The minimum absolute atomic E-state index is 0. The summed E-state index contributed by atoms with van der Waals surface area (Å²) in [7, 11) is 3.42. The van der Waals surface area contributed by atoms with E-state index < -0.39 is 0 Å². The van der Waals surface area contributed by atoms with E-state index in [-0.39, 0.29) is 24.8 Å². The van der Waals surface area contributed by atoms with Gasteiger partial charge in [-0.2, -0.15) is 0 Å². The SMILES string of the molecule is COc1ccc(CN(CCN2CCCCC2)CC2CCCCC2)cc1OC.Cl.Cl. The number of methoxy groups -OCH3 is 2. The van der Waals surface area contributed by atoms with Crippen LogP contribution in [-0.4, -0.2) is 56.7 Å². The monoisotopic (exact) mass is 446 g/mol. The zero-order valence-corrected chi connectivity index (χ0v) is 19.9. The molecule has 1 aromatic carbocycles. The predicted octanol–water partition coefficient (Wildman–Crippen LogP) is 5.42. The Kier molecular flexibility index (Phi) is 13.0. The smallest absolute Gasteiger partial charge is 0.161 e. The molecule has 1 aliphatic carbocycles. The lowest BCUT2D eigenvalue weighted by atomic mass is 9.89. The van der Waals surface area contributed by atoms with Gasteiger partial charge in [0.1, 0.15) is 0 Å². The minimum Gasteiger partial charge on any atom is -0.493 e. The quantitative estimate of drug-likeness (QED) is 0.505. The molecular formula is C23H40Cl2N2O2. The van der Waals surface area contributed by atoms with Crippen molar-refractivity contribution in [2.45, 2.75) is 57.9 Å². The molecule has 3 rings (SSSR count). The van der Waals surface area contributed by atoms with Crippen LogP contribution in [0.4, 0.5) is 0 Å². The molecule has 4 nitrogen and oxygen atoms in total. The van der Waals surface area contributed by atoms with Gasteiger partial charge in [-0.15, -0.1) is 24.8 Å². The third-order valence-corrected chi connectivity index (χ3v) is 6.28. The minimum atomic E-state index is 0. The van der Waals surface area contributed by atoms with Gasteiger partial charge in [0.05, 0.1) is 14.2 Å². The lowest BCUT2D eigenvalue weighted by molar-refractivity contribution is 0.151. The van der Waals surface area contributed by atoms with Crippen molar-refractivity contribution in [3.63, 3.8) is 0 Å². The van der Waals surface area contributed by atoms with E-state index in [1.165, 1.54) is 89.7 Å². The highest BCUT2D eigenvalue weighted by molar-refractivity contribution is 5.85. The highest BCUT2D eigenvalue weighted by Crippen LogP contribution is 2.29. The number of rotatable bonds is 9. The summed E-state index contributed by atoms with van der Waals surface area (Å²) >= 11 is 0. The summed E-state index contributed by atoms with van der Waals surface area (Å²) in [6.07, 6.45) is 11.2. The Hall–Kier alpha value is -0.680. The van der Waals surface area contributed by atoms with E-state index in [0.29, 0.717) is 0 Å². The van der Waals surface area contributed by atoms with E-state index >= 15 is 0 Å². The Bertz CT molecular complexity index is 562. The maximum atomic E-state index is 5.51. The summed E-state index contributed by atoms with van der Waals surface area (Å²) in [5.41, 5.74) is 1.32. The van der Waals surface area contributed by atoms with E-state index in [1.807, 2.05) is 6.07 Å². The van der Waals surface area contributed by atoms with Crippen LogP contribution in [0.15, 0.2) is 18.2 Å². The first kappa shape index (κ1) is 26.4. The van der Waals surface area contributed by atoms with Gasteiger partial charge in [0.2, 0.25) is 0 Å². The topological polar surface area (TPSA) is 24.9 Å². The van der Waals surface area contributed by atoms with Gasteiger partial charge in [-0.05, 0) is 62.4 Å². The van der Waals surface area contributed by atoms with Crippen molar-refractivity contribution in [2.24, 2.45) is 5.92 Å². The van der Waals surface area contributed by atoms with Crippen LogP contribution in [-0.2, 0) is 6.54 Å². The molecule has 2 fully saturated rings. The van der Waals surface area contributed by atoms with Crippen LogP contribution in [0.3, 0.4) is 0 Å². The van der Waals surface area contributed by atoms with E-state index in [2.05, 4.69) is 21.9 Å². The van der Waals surface area contributed by atoms with Crippen LogP contribution in [0.25, 0.3) is 0 Å². The molecule has 6 heteroatoms. The highest BCUT2D eigenvalue weighted by atomic mass is 35.5. The second kappa shape index (κ2) is 14.3. The van der Waals surface area contributed by atoms with E-state index in [1.54, 1.807) is 14.2 Å². The maximum absolute atomic E-state index is 5.51. The molecule has 0 spiro atoms. The zero-order valence-electron chi connectivity index (χ0n) is 18.2. The van der Waals surface area contributed by atoms with Crippen LogP contribution < -0.4 is 9.47 Å². The van der Waals surface area contributed by atoms with Crippen LogP contribution in [0.5, 0.6) is 11.5 Å². The number of hydrogen-bond donors (Lipinski definition) is 0. The second-order valence-corrected chi connectivity index (χ2v) is 8.33. The van der Waals surface area contributed by atoms with Crippen LogP contribution in [0, 0.1) is 5.92 Å². The molecular weight excluding hydrogens is 407 g/mol. The number of nitrogens with zero attached hydrogens (tertiary/aromatic N) is 2. The number of halogens is 2. The van der Waals surface area contributed by atoms with Gasteiger partial charge in [-0.3, -0.25) is 4.90 Å². The average Bonchev–Trinajstić information content (AvgIpc) is 2.73. The molecule has 1 aliphatic heterocycles. The number of likely N-dealkylation sites (tertiary alicyclic amines) is 1. The zero-order chi connectivity index (χ0) is 18.9. The molecule has 1 aromatic rings. The second-order valence-electron chi connectivity index (χ2n) is 8.33. The number of piperidine rings is 1. The first-order chi connectivity index (χ1) is 13.3. The van der Waals surface area contributed by atoms with Crippen LogP contribution in [0.1, 0.15) is 56.9 Å². The third kappa shape index (κ3) is 8.53. The summed E-state index contributed by atoms with van der Waals surface area (Å²) in [5, 5.41) is 0. The van der Waals surface area contributed by atoms with Gasteiger partial charge in [0.15, 0.2) is 11.5 Å². The molecule has 0 amide bonds. The third-order valence-electron chi connectivity index (χ3n) is 6.28. The number of benzene rings is 1. The molecule has 168 valence electrons. The van der Waals surface area contributed by atoms with Crippen molar-refractivity contribution < 1.29 is 9.47 Å². The Morgan fingerprint density at radius 2 is 1.55 bits per heavy atom. The molecule has 29 heavy (non-hydrogen) atoms. The summed E-state index contributed by atoms with van der Waals surface area (Å²) < 4.78 is 10.9. The fourth-order valence-electron chi connectivity index (χ4n) is 4.67. The fraction of sp³-hybridized carbons (Fsp3) is 0.739. The Morgan fingerprint density at radius 3 is 2.21 bits per heavy atom. The first-order valence-corrected chi connectivity index (χ1v) is 10.9. The summed E-state index contributed by atoms with van der Waals surface area (Å²) in [6.45, 7) is 7.19. The number of ether oxygens (including phenoxy) is 2. The van der Waals surface area contributed by atoms with Gasteiger partial charge < -0.3 is 14.4 Å². The van der Waals surface area contributed by atoms with Gasteiger partial charge >= 0.3 is 0 Å². The highest BCUT2D eigenvalue weighted by Gasteiger charge is 2.19. The molecule has 0 aromatic heterocycles. The maximum Gasteiger partial charge on any atom is 0.161 e. The van der Waals surface area contributed by atoms with Gasteiger partial charge in [0, 0.05) is 26.2 Å². The molecule has 1 saturated carbocycles. The first-order valence-electron chi connectivity index (χ1n) is 10.9. The largest absolute Gasteiger partial charge is 0.493 e. The van der Waals surface area contributed by atoms with Crippen molar-refractivity contribution in [2.75, 3.05) is 46.9 Å².